The SMILES string of the molecule is CC(C)(C)c1cc(NC(=O)Cc2c(F)cccc2F)n[nH]1. The van der Waals surface area contributed by atoms with Gasteiger partial charge in [0.2, 0.25) is 5.91 Å². The van der Waals surface area contributed by atoms with Crippen LogP contribution in [0.25, 0.3) is 0 Å². The van der Waals surface area contributed by atoms with Crippen LogP contribution in [-0.2, 0) is 16.6 Å². The molecule has 6 heteroatoms. The molecule has 21 heavy (non-hydrogen) atoms. The summed E-state index contributed by atoms with van der Waals surface area (Å²) in [7, 11) is 0. The van der Waals surface area contributed by atoms with Gasteiger partial charge in [-0.05, 0) is 12.1 Å². The minimum absolute atomic E-state index is 0.131. The quantitative estimate of drug-likeness (QED) is 0.913. The molecular weight excluding hydrogens is 276 g/mol. The average molecular weight is 293 g/mol. The second-order valence-corrected chi connectivity index (χ2v) is 5.84. The van der Waals surface area contributed by atoms with Gasteiger partial charge in [-0.25, -0.2) is 8.78 Å². The zero-order valence-electron chi connectivity index (χ0n) is 12.1. The highest BCUT2D eigenvalue weighted by atomic mass is 19.1. The predicted molar refractivity (Wildman–Crippen MR) is 76.0 cm³/mol. The van der Waals surface area contributed by atoms with Crippen molar-refractivity contribution >= 4 is 11.7 Å². The zero-order chi connectivity index (χ0) is 15.6. The fraction of sp³-hybridized carbons (Fsp3) is 0.333. The van der Waals surface area contributed by atoms with E-state index in [-0.39, 0.29) is 17.4 Å². The summed E-state index contributed by atoms with van der Waals surface area (Å²) in [6.07, 6.45) is -0.379. The number of rotatable bonds is 3. The van der Waals surface area contributed by atoms with Gasteiger partial charge in [0.1, 0.15) is 11.6 Å². The first-order valence-corrected chi connectivity index (χ1v) is 6.56. The lowest BCUT2D eigenvalue weighted by Gasteiger charge is -2.14. The smallest absolute Gasteiger partial charge is 0.230 e. The highest BCUT2D eigenvalue weighted by molar-refractivity contribution is 5.91. The Morgan fingerprint density at radius 1 is 1.29 bits per heavy atom. The molecule has 0 saturated carbocycles. The number of halogens is 2. The number of nitrogens with zero attached hydrogens (tertiary/aromatic N) is 1. The molecule has 4 nitrogen and oxygen atoms in total. The van der Waals surface area contributed by atoms with Crippen LogP contribution in [0.15, 0.2) is 24.3 Å². The van der Waals surface area contributed by atoms with E-state index in [0.29, 0.717) is 5.82 Å². The summed E-state index contributed by atoms with van der Waals surface area (Å²) >= 11 is 0. The van der Waals surface area contributed by atoms with Crippen molar-refractivity contribution in [2.75, 3.05) is 5.32 Å². The Morgan fingerprint density at radius 3 is 2.43 bits per heavy atom. The van der Waals surface area contributed by atoms with E-state index in [1.807, 2.05) is 20.8 Å². The number of amides is 1. The van der Waals surface area contributed by atoms with Crippen molar-refractivity contribution in [3.63, 3.8) is 0 Å². The van der Waals surface area contributed by atoms with Crippen LogP contribution >= 0.6 is 0 Å². The van der Waals surface area contributed by atoms with E-state index in [4.69, 9.17) is 0 Å². The molecule has 1 amide bonds. The number of anilines is 1. The van der Waals surface area contributed by atoms with Gasteiger partial charge in [0, 0.05) is 22.7 Å². The van der Waals surface area contributed by atoms with Crippen molar-refractivity contribution in [3.8, 4) is 0 Å². The molecule has 2 aromatic rings. The Labute approximate surface area is 121 Å². The summed E-state index contributed by atoms with van der Waals surface area (Å²) in [5.74, 6) is -1.65. The average Bonchev–Trinajstić information content (AvgIpc) is 2.82. The van der Waals surface area contributed by atoms with Crippen LogP contribution in [0.4, 0.5) is 14.6 Å². The molecule has 0 aliphatic rings. The Kier molecular flexibility index (Phi) is 4.06. The number of aromatic amines is 1. The summed E-state index contributed by atoms with van der Waals surface area (Å²) in [5, 5.41) is 9.31. The third kappa shape index (κ3) is 3.65. The molecule has 112 valence electrons. The van der Waals surface area contributed by atoms with Gasteiger partial charge in [-0.2, -0.15) is 5.10 Å². The number of H-pyrrole nitrogens is 1. The second-order valence-electron chi connectivity index (χ2n) is 5.84. The van der Waals surface area contributed by atoms with E-state index in [2.05, 4.69) is 15.5 Å². The fourth-order valence-corrected chi connectivity index (χ4v) is 1.82. The van der Waals surface area contributed by atoms with Crippen LogP contribution in [0.1, 0.15) is 32.0 Å². The largest absolute Gasteiger partial charge is 0.309 e. The van der Waals surface area contributed by atoms with E-state index in [9.17, 15) is 13.6 Å². The molecule has 0 fully saturated rings. The standard InChI is InChI=1S/C15H17F2N3O/c1-15(2,3)12-8-13(20-19-12)18-14(21)7-9-10(16)5-4-6-11(9)17/h4-6,8H,7H2,1-3H3,(H2,18,19,20,21). The summed E-state index contributed by atoms with van der Waals surface area (Å²) in [4.78, 5) is 11.8. The normalized spacial score (nSPS) is 11.5. The highest BCUT2D eigenvalue weighted by Crippen LogP contribution is 2.22. The number of hydrogen-bond donors (Lipinski definition) is 2. The van der Waals surface area contributed by atoms with Gasteiger partial charge < -0.3 is 5.32 Å². The molecule has 2 N–H and O–H groups in total. The predicted octanol–water partition coefficient (Wildman–Crippen LogP) is 3.17. The number of benzene rings is 1. The molecular formula is C15H17F2N3O. The van der Waals surface area contributed by atoms with Crippen LogP contribution in [0.2, 0.25) is 0 Å². The van der Waals surface area contributed by atoms with Gasteiger partial charge in [-0.3, -0.25) is 9.89 Å². The molecule has 0 aliphatic carbocycles. The van der Waals surface area contributed by atoms with Crippen molar-refractivity contribution in [3.05, 3.63) is 47.2 Å². The zero-order valence-corrected chi connectivity index (χ0v) is 12.1. The topological polar surface area (TPSA) is 57.8 Å². The maximum Gasteiger partial charge on any atom is 0.230 e. The van der Waals surface area contributed by atoms with Crippen molar-refractivity contribution in [2.24, 2.45) is 0 Å². The molecule has 0 saturated heterocycles. The highest BCUT2D eigenvalue weighted by Gasteiger charge is 2.18. The lowest BCUT2D eigenvalue weighted by Crippen LogP contribution is -2.16. The van der Waals surface area contributed by atoms with Crippen molar-refractivity contribution in [2.45, 2.75) is 32.6 Å². The maximum atomic E-state index is 13.5. The number of carbonyl (C=O) groups is 1. The molecule has 0 bridgehead atoms. The van der Waals surface area contributed by atoms with E-state index in [0.717, 1.165) is 17.8 Å². The number of nitrogens with one attached hydrogen (secondary N) is 2. The molecule has 1 heterocycles. The first-order valence-electron chi connectivity index (χ1n) is 6.56. The minimum Gasteiger partial charge on any atom is -0.309 e. The number of hydrogen-bond acceptors (Lipinski definition) is 2. The van der Waals surface area contributed by atoms with Crippen LogP contribution in [0.3, 0.4) is 0 Å². The molecule has 0 radical (unpaired) electrons. The van der Waals surface area contributed by atoms with Gasteiger partial charge in [0.25, 0.3) is 0 Å². The second kappa shape index (κ2) is 5.63. The first kappa shape index (κ1) is 15.2. The van der Waals surface area contributed by atoms with E-state index in [1.54, 1.807) is 6.07 Å². The van der Waals surface area contributed by atoms with Gasteiger partial charge >= 0.3 is 0 Å². The Balaban J connectivity index is 2.07. The van der Waals surface area contributed by atoms with Crippen LogP contribution in [0.5, 0.6) is 0 Å². The minimum atomic E-state index is -0.734. The van der Waals surface area contributed by atoms with E-state index < -0.39 is 17.5 Å². The van der Waals surface area contributed by atoms with E-state index in [1.165, 1.54) is 6.07 Å². The third-order valence-electron chi connectivity index (χ3n) is 3.05. The lowest BCUT2D eigenvalue weighted by molar-refractivity contribution is -0.115. The van der Waals surface area contributed by atoms with Gasteiger partial charge in [-0.15, -0.1) is 0 Å². The van der Waals surface area contributed by atoms with Crippen LogP contribution < -0.4 is 5.32 Å². The summed E-state index contributed by atoms with van der Waals surface area (Å²) in [6.45, 7) is 6.00. The van der Waals surface area contributed by atoms with Gasteiger partial charge in [0.05, 0.1) is 6.42 Å². The molecule has 0 atom stereocenters. The number of aromatic nitrogens is 2. The molecule has 0 unspecified atom stereocenters. The van der Waals surface area contributed by atoms with E-state index >= 15 is 0 Å². The molecule has 0 aliphatic heterocycles. The van der Waals surface area contributed by atoms with Gasteiger partial charge in [0.15, 0.2) is 5.82 Å². The summed E-state index contributed by atoms with van der Waals surface area (Å²) in [5.41, 5.74) is 0.477. The Hall–Kier alpha value is -2.24. The van der Waals surface area contributed by atoms with Crippen LogP contribution in [0, 0.1) is 11.6 Å². The third-order valence-corrected chi connectivity index (χ3v) is 3.05. The fourth-order valence-electron chi connectivity index (χ4n) is 1.82. The van der Waals surface area contributed by atoms with Crippen molar-refractivity contribution in [1.29, 1.82) is 0 Å². The van der Waals surface area contributed by atoms with Gasteiger partial charge in [-0.1, -0.05) is 26.8 Å². The van der Waals surface area contributed by atoms with Crippen LogP contribution in [-0.4, -0.2) is 16.1 Å². The molecule has 2 rings (SSSR count). The summed E-state index contributed by atoms with van der Waals surface area (Å²) in [6, 6.07) is 5.21. The number of carbonyl (C=O) groups excluding carboxylic acids is 1. The first-order chi connectivity index (χ1) is 9.77. The molecule has 0 spiro atoms. The Morgan fingerprint density at radius 2 is 1.90 bits per heavy atom. The van der Waals surface area contributed by atoms with Crippen molar-refractivity contribution < 1.29 is 13.6 Å². The van der Waals surface area contributed by atoms with Crippen molar-refractivity contribution in [1.82, 2.24) is 10.2 Å². The summed E-state index contributed by atoms with van der Waals surface area (Å²) < 4.78 is 26.9. The molecule has 1 aromatic heterocycles. The monoisotopic (exact) mass is 293 g/mol. The lowest BCUT2D eigenvalue weighted by atomic mass is 9.92. The maximum absolute atomic E-state index is 13.5. The molecule has 1 aromatic carbocycles. The Bertz CT molecular complexity index is 639.